The zero-order valence-corrected chi connectivity index (χ0v) is 9.09. The largest absolute Gasteiger partial charge is 0.354 e. The number of rotatable bonds is 5. The van der Waals surface area contributed by atoms with Gasteiger partial charge < -0.3 is 11.1 Å². The average Bonchev–Trinajstić information content (AvgIpc) is 2.76. The molecule has 1 rings (SSSR count). The van der Waals surface area contributed by atoms with E-state index in [1.165, 1.54) is 11.3 Å². The molecular weight excluding hydrogens is 210 g/mol. The Morgan fingerprint density at radius 1 is 1.73 bits per heavy atom. The number of thiophene rings is 1. The van der Waals surface area contributed by atoms with E-state index in [-0.39, 0.29) is 5.91 Å². The number of unbranched alkanes of at least 4 members (excludes halogenated alkanes) is 1. The van der Waals surface area contributed by atoms with E-state index < -0.39 is 6.04 Å². The third-order valence-corrected chi connectivity index (χ3v) is 2.85. The fraction of sp³-hybridized carbons (Fsp3) is 0.400. The van der Waals surface area contributed by atoms with Crippen molar-refractivity contribution in [3.05, 3.63) is 22.4 Å². The Morgan fingerprint density at radius 3 is 3.13 bits per heavy atom. The van der Waals surface area contributed by atoms with Gasteiger partial charge in [0, 0.05) is 17.8 Å². The molecule has 0 fully saturated rings. The van der Waals surface area contributed by atoms with Crippen LogP contribution < -0.4 is 11.1 Å². The molecule has 0 aliphatic rings. The van der Waals surface area contributed by atoms with Gasteiger partial charge in [-0.2, -0.15) is 5.26 Å². The van der Waals surface area contributed by atoms with Crippen LogP contribution in [0.4, 0.5) is 0 Å². The monoisotopic (exact) mass is 223 g/mol. The minimum Gasteiger partial charge on any atom is -0.354 e. The van der Waals surface area contributed by atoms with Crippen LogP contribution in [-0.2, 0) is 4.79 Å². The molecule has 0 aliphatic carbocycles. The van der Waals surface area contributed by atoms with Crippen LogP contribution >= 0.6 is 11.3 Å². The minimum atomic E-state index is -0.591. The lowest BCUT2D eigenvalue weighted by Gasteiger charge is -2.09. The van der Waals surface area contributed by atoms with Crippen molar-refractivity contribution in [2.45, 2.75) is 18.9 Å². The van der Waals surface area contributed by atoms with E-state index in [0.717, 1.165) is 4.88 Å². The molecule has 0 aliphatic heterocycles. The van der Waals surface area contributed by atoms with E-state index >= 15 is 0 Å². The van der Waals surface area contributed by atoms with Crippen molar-refractivity contribution < 1.29 is 4.79 Å². The molecule has 1 heterocycles. The molecule has 1 amide bonds. The molecule has 5 heteroatoms. The molecule has 1 aromatic heterocycles. The fourth-order valence-corrected chi connectivity index (χ4v) is 1.81. The van der Waals surface area contributed by atoms with Gasteiger partial charge in [0.05, 0.1) is 6.07 Å². The second-order valence-electron chi connectivity index (χ2n) is 3.05. The zero-order valence-electron chi connectivity index (χ0n) is 8.27. The predicted molar refractivity (Wildman–Crippen MR) is 59.1 cm³/mol. The quantitative estimate of drug-likeness (QED) is 0.735. The van der Waals surface area contributed by atoms with Crippen LogP contribution in [0, 0.1) is 11.3 Å². The first-order valence-electron chi connectivity index (χ1n) is 4.69. The summed E-state index contributed by atoms with van der Waals surface area (Å²) in [6.45, 7) is 0.505. The van der Waals surface area contributed by atoms with Crippen molar-refractivity contribution >= 4 is 17.2 Å². The number of hydrogen-bond donors (Lipinski definition) is 2. The maximum Gasteiger partial charge on any atom is 0.242 e. The molecule has 0 saturated heterocycles. The first kappa shape index (κ1) is 11.7. The van der Waals surface area contributed by atoms with E-state index in [0.29, 0.717) is 19.4 Å². The Balaban J connectivity index is 2.32. The zero-order chi connectivity index (χ0) is 11.1. The maximum absolute atomic E-state index is 11.5. The van der Waals surface area contributed by atoms with Gasteiger partial charge in [-0.1, -0.05) is 6.07 Å². The molecule has 3 N–H and O–H groups in total. The van der Waals surface area contributed by atoms with E-state index in [1.54, 1.807) is 0 Å². The van der Waals surface area contributed by atoms with Crippen molar-refractivity contribution in [3.8, 4) is 6.07 Å². The molecule has 80 valence electrons. The van der Waals surface area contributed by atoms with E-state index in [2.05, 4.69) is 5.32 Å². The Kier molecular flexibility index (Phi) is 4.81. The lowest BCUT2D eigenvalue weighted by molar-refractivity contribution is -0.122. The van der Waals surface area contributed by atoms with Crippen LogP contribution in [0.5, 0.6) is 0 Å². The maximum atomic E-state index is 11.5. The third-order valence-electron chi connectivity index (χ3n) is 1.90. The molecular formula is C10H13N3OS. The van der Waals surface area contributed by atoms with Gasteiger partial charge in [0.2, 0.25) is 5.91 Å². The lowest BCUT2D eigenvalue weighted by Crippen LogP contribution is -2.34. The van der Waals surface area contributed by atoms with Gasteiger partial charge in [0.15, 0.2) is 0 Å². The number of nitrogens with one attached hydrogen (secondary N) is 1. The fourth-order valence-electron chi connectivity index (χ4n) is 1.09. The van der Waals surface area contributed by atoms with E-state index in [9.17, 15) is 4.79 Å². The SMILES string of the molecule is N#CCCCNC(=O)C(N)c1cccs1. The summed E-state index contributed by atoms with van der Waals surface area (Å²) in [5.74, 6) is -0.185. The van der Waals surface area contributed by atoms with Crippen molar-refractivity contribution in [1.82, 2.24) is 5.32 Å². The highest BCUT2D eigenvalue weighted by atomic mass is 32.1. The molecule has 15 heavy (non-hydrogen) atoms. The lowest BCUT2D eigenvalue weighted by atomic mass is 10.2. The molecule has 1 unspecified atom stereocenters. The van der Waals surface area contributed by atoms with Crippen molar-refractivity contribution in [3.63, 3.8) is 0 Å². The molecule has 0 bridgehead atoms. The normalized spacial score (nSPS) is 11.7. The molecule has 0 aromatic carbocycles. The summed E-state index contributed by atoms with van der Waals surface area (Å²) in [4.78, 5) is 12.3. The highest BCUT2D eigenvalue weighted by molar-refractivity contribution is 7.10. The summed E-state index contributed by atoms with van der Waals surface area (Å²) in [7, 11) is 0. The number of amides is 1. The van der Waals surface area contributed by atoms with Crippen molar-refractivity contribution in [2.24, 2.45) is 5.73 Å². The topological polar surface area (TPSA) is 78.9 Å². The average molecular weight is 223 g/mol. The second kappa shape index (κ2) is 6.17. The molecule has 0 saturated carbocycles. The van der Waals surface area contributed by atoms with Gasteiger partial charge in [-0.05, 0) is 17.9 Å². The summed E-state index contributed by atoms with van der Waals surface area (Å²) in [6.07, 6.45) is 1.12. The van der Waals surface area contributed by atoms with Crippen LogP contribution in [0.15, 0.2) is 17.5 Å². The molecule has 4 nitrogen and oxygen atoms in total. The van der Waals surface area contributed by atoms with Crippen molar-refractivity contribution in [2.75, 3.05) is 6.54 Å². The summed E-state index contributed by atoms with van der Waals surface area (Å²) in [6, 6.07) is 5.13. The molecule has 0 spiro atoms. The summed E-state index contributed by atoms with van der Waals surface area (Å²) in [5, 5.41) is 12.9. The number of carbonyl (C=O) groups is 1. The number of carbonyl (C=O) groups excluding carboxylic acids is 1. The second-order valence-corrected chi connectivity index (χ2v) is 4.03. The van der Waals surface area contributed by atoms with Crippen LogP contribution in [0.25, 0.3) is 0 Å². The number of nitriles is 1. The first-order chi connectivity index (χ1) is 7.25. The van der Waals surface area contributed by atoms with Crippen LogP contribution in [0.1, 0.15) is 23.8 Å². The Morgan fingerprint density at radius 2 is 2.53 bits per heavy atom. The van der Waals surface area contributed by atoms with E-state index in [4.69, 9.17) is 11.0 Å². The standard InChI is InChI=1S/C10H13N3OS/c11-5-1-2-6-13-10(14)9(12)8-4-3-7-15-8/h3-4,7,9H,1-2,6,12H2,(H,13,14). The number of hydrogen-bond acceptors (Lipinski definition) is 4. The van der Waals surface area contributed by atoms with Gasteiger partial charge in [0.1, 0.15) is 6.04 Å². The number of nitrogens with zero attached hydrogens (tertiary/aromatic N) is 1. The highest BCUT2D eigenvalue weighted by Gasteiger charge is 2.15. The smallest absolute Gasteiger partial charge is 0.242 e. The molecule has 1 aromatic rings. The summed E-state index contributed by atoms with van der Waals surface area (Å²) < 4.78 is 0. The molecule has 0 radical (unpaired) electrons. The Labute approximate surface area is 92.7 Å². The highest BCUT2D eigenvalue weighted by Crippen LogP contribution is 2.16. The van der Waals surface area contributed by atoms with Gasteiger partial charge in [-0.15, -0.1) is 11.3 Å². The first-order valence-corrected chi connectivity index (χ1v) is 5.57. The van der Waals surface area contributed by atoms with Gasteiger partial charge in [-0.25, -0.2) is 0 Å². The number of nitrogens with two attached hydrogens (primary N) is 1. The third kappa shape index (κ3) is 3.70. The van der Waals surface area contributed by atoms with Crippen molar-refractivity contribution in [1.29, 1.82) is 5.26 Å². The minimum absolute atomic E-state index is 0.185. The Bertz CT molecular complexity index is 342. The van der Waals surface area contributed by atoms with Crippen LogP contribution in [0.2, 0.25) is 0 Å². The Hall–Kier alpha value is -1.38. The molecule has 1 atom stereocenters. The van der Waals surface area contributed by atoms with Gasteiger partial charge >= 0.3 is 0 Å². The van der Waals surface area contributed by atoms with Gasteiger partial charge in [-0.3, -0.25) is 4.79 Å². The predicted octanol–water partition coefficient (Wildman–Crippen LogP) is 1.17. The summed E-state index contributed by atoms with van der Waals surface area (Å²) in [5.41, 5.74) is 5.73. The van der Waals surface area contributed by atoms with Gasteiger partial charge in [0.25, 0.3) is 0 Å². The van der Waals surface area contributed by atoms with Crippen LogP contribution in [0.3, 0.4) is 0 Å². The van der Waals surface area contributed by atoms with E-state index in [1.807, 2.05) is 23.6 Å². The summed E-state index contributed by atoms with van der Waals surface area (Å²) >= 11 is 1.46. The van der Waals surface area contributed by atoms with Crippen LogP contribution in [-0.4, -0.2) is 12.5 Å².